The van der Waals surface area contributed by atoms with Crippen LogP contribution in [0.25, 0.3) is 11.4 Å². The Kier molecular flexibility index (Phi) is 6.58. The average Bonchev–Trinajstić information content (AvgIpc) is 3.55. The summed E-state index contributed by atoms with van der Waals surface area (Å²) < 4.78 is 1.64. The number of carbonyl (C=O) groups is 1. The van der Waals surface area contributed by atoms with Crippen molar-refractivity contribution in [2.24, 2.45) is 18.9 Å². The van der Waals surface area contributed by atoms with E-state index in [9.17, 15) is 4.79 Å². The van der Waals surface area contributed by atoms with Gasteiger partial charge >= 0.3 is 6.03 Å². The van der Waals surface area contributed by atoms with Crippen LogP contribution in [-0.4, -0.2) is 56.8 Å². The molecule has 8 heteroatoms. The van der Waals surface area contributed by atoms with Crippen molar-refractivity contribution in [3.05, 3.63) is 59.7 Å². The van der Waals surface area contributed by atoms with Crippen molar-refractivity contribution < 1.29 is 4.79 Å². The van der Waals surface area contributed by atoms with Crippen molar-refractivity contribution in [2.75, 3.05) is 25.0 Å². The summed E-state index contributed by atoms with van der Waals surface area (Å²) >= 11 is 0. The van der Waals surface area contributed by atoms with Crippen LogP contribution >= 0.6 is 0 Å². The quantitative estimate of drug-likeness (QED) is 0.565. The van der Waals surface area contributed by atoms with Crippen LogP contribution in [0.4, 0.5) is 10.5 Å². The van der Waals surface area contributed by atoms with Gasteiger partial charge in [0.05, 0.1) is 0 Å². The van der Waals surface area contributed by atoms with E-state index < -0.39 is 0 Å². The summed E-state index contributed by atoms with van der Waals surface area (Å²) in [5.41, 5.74) is 4.18. The molecule has 2 aromatic carbocycles. The van der Waals surface area contributed by atoms with Crippen molar-refractivity contribution in [2.45, 2.75) is 38.6 Å². The van der Waals surface area contributed by atoms with Gasteiger partial charge in [-0.25, -0.2) is 9.48 Å². The van der Waals surface area contributed by atoms with E-state index >= 15 is 0 Å². The van der Waals surface area contributed by atoms with Crippen molar-refractivity contribution >= 4 is 11.7 Å². The Hall–Kier alpha value is -3.26. The average molecular weight is 460 g/mol. The highest BCUT2D eigenvalue weighted by Gasteiger charge is 2.42. The maximum absolute atomic E-state index is 12.9. The summed E-state index contributed by atoms with van der Waals surface area (Å²) in [5.74, 6) is 1.89. The molecule has 1 aliphatic carbocycles. The molecular formula is C26H33N7O. The number of hydrogen-bond acceptors (Lipinski definition) is 5. The van der Waals surface area contributed by atoms with Gasteiger partial charge in [-0.15, -0.1) is 5.10 Å². The zero-order valence-corrected chi connectivity index (χ0v) is 19.9. The van der Waals surface area contributed by atoms with Gasteiger partial charge in [0.2, 0.25) is 0 Å². The standard InChI is InChI=1S/C26H33N7O/c1-3-18-13-21(25-29-30-31-32(25)2)15-22(14-18)27-26(34)28-24-10-9-20-16-33(17-23(20)24)12-11-19-7-5-4-6-8-19/h4-8,13-15,20,23-24H,3,9-12,16-17H2,1-2H3,(H2,27,28,34). The molecule has 178 valence electrons. The number of anilines is 1. The van der Waals surface area contributed by atoms with E-state index in [1.807, 2.05) is 19.2 Å². The summed E-state index contributed by atoms with van der Waals surface area (Å²) in [7, 11) is 1.81. The number of urea groups is 1. The molecule has 1 saturated carbocycles. The van der Waals surface area contributed by atoms with E-state index in [1.54, 1.807) is 4.68 Å². The van der Waals surface area contributed by atoms with Crippen LogP contribution in [0.3, 0.4) is 0 Å². The second kappa shape index (κ2) is 9.93. The minimum absolute atomic E-state index is 0.135. The molecule has 8 nitrogen and oxygen atoms in total. The Morgan fingerprint density at radius 3 is 2.71 bits per heavy atom. The Bertz CT molecular complexity index is 1130. The lowest BCUT2D eigenvalue weighted by atomic mass is 9.98. The highest BCUT2D eigenvalue weighted by molar-refractivity contribution is 5.90. The van der Waals surface area contributed by atoms with Crippen molar-refractivity contribution in [3.8, 4) is 11.4 Å². The highest BCUT2D eigenvalue weighted by atomic mass is 16.2. The first-order chi connectivity index (χ1) is 16.6. The third-order valence-electron chi connectivity index (χ3n) is 7.35. The minimum atomic E-state index is -0.135. The number of tetrazole rings is 1. The van der Waals surface area contributed by atoms with Crippen molar-refractivity contribution in [3.63, 3.8) is 0 Å². The van der Waals surface area contributed by atoms with Gasteiger partial charge in [-0.1, -0.05) is 37.3 Å². The minimum Gasteiger partial charge on any atom is -0.335 e. The molecular weight excluding hydrogens is 426 g/mol. The fourth-order valence-corrected chi connectivity index (χ4v) is 5.56. The highest BCUT2D eigenvalue weighted by Crippen LogP contribution is 2.38. The predicted octanol–water partition coefficient (Wildman–Crippen LogP) is 3.51. The first-order valence-corrected chi connectivity index (χ1v) is 12.3. The molecule has 2 aliphatic rings. The SMILES string of the molecule is CCc1cc(NC(=O)NC2CCC3CN(CCc4ccccc4)CC32)cc(-c2nnnn2C)c1. The molecule has 3 aromatic rings. The van der Waals surface area contributed by atoms with Gasteiger partial charge < -0.3 is 15.5 Å². The maximum atomic E-state index is 12.9. The van der Waals surface area contributed by atoms with E-state index in [2.05, 4.69) is 74.4 Å². The molecule has 0 radical (unpaired) electrons. The van der Waals surface area contributed by atoms with E-state index in [-0.39, 0.29) is 12.1 Å². The molecule has 1 aliphatic heterocycles. The number of fused-ring (bicyclic) bond motifs is 1. The number of likely N-dealkylation sites (tertiary alicyclic amines) is 1. The van der Waals surface area contributed by atoms with Crippen LogP contribution in [0.15, 0.2) is 48.5 Å². The zero-order valence-electron chi connectivity index (χ0n) is 19.9. The molecule has 0 spiro atoms. The summed E-state index contributed by atoms with van der Waals surface area (Å²) in [6.45, 7) is 5.39. The van der Waals surface area contributed by atoms with Crippen LogP contribution in [-0.2, 0) is 19.9 Å². The van der Waals surface area contributed by atoms with Gasteiger partial charge in [-0.2, -0.15) is 0 Å². The molecule has 3 atom stereocenters. The fraction of sp³-hybridized carbons (Fsp3) is 0.462. The molecule has 1 saturated heterocycles. The lowest BCUT2D eigenvalue weighted by molar-refractivity contribution is 0.242. The second-order valence-corrected chi connectivity index (χ2v) is 9.60. The first-order valence-electron chi connectivity index (χ1n) is 12.3. The van der Waals surface area contributed by atoms with Gasteiger partial charge in [0, 0.05) is 44.0 Å². The summed E-state index contributed by atoms with van der Waals surface area (Å²) in [5, 5.41) is 18.1. The Balaban J connectivity index is 1.19. The number of nitrogens with one attached hydrogen (secondary N) is 2. The third kappa shape index (κ3) is 4.97. The van der Waals surface area contributed by atoms with Crippen LogP contribution in [0, 0.1) is 11.8 Å². The van der Waals surface area contributed by atoms with Crippen molar-refractivity contribution in [1.82, 2.24) is 30.4 Å². The van der Waals surface area contributed by atoms with Gasteiger partial charge in [0.15, 0.2) is 5.82 Å². The Morgan fingerprint density at radius 2 is 1.94 bits per heavy atom. The lowest BCUT2D eigenvalue weighted by Crippen LogP contribution is -2.42. The molecule has 0 bridgehead atoms. The van der Waals surface area contributed by atoms with E-state index in [0.717, 1.165) is 55.7 Å². The lowest BCUT2D eigenvalue weighted by Gasteiger charge is -2.22. The van der Waals surface area contributed by atoms with Crippen LogP contribution in [0.1, 0.15) is 30.9 Å². The predicted molar refractivity (Wildman–Crippen MR) is 132 cm³/mol. The Morgan fingerprint density at radius 1 is 1.09 bits per heavy atom. The number of carbonyl (C=O) groups excluding carboxylic acids is 1. The summed E-state index contributed by atoms with van der Waals surface area (Å²) in [6.07, 6.45) is 4.18. The molecule has 1 aromatic heterocycles. The van der Waals surface area contributed by atoms with Gasteiger partial charge in [-0.05, 0) is 77.3 Å². The third-order valence-corrected chi connectivity index (χ3v) is 7.35. The number of aryl methyl sites for hydroxylation is 2. The normalized spacial score (nSPS) is 22.0. The number of amides is 2. The molecule has 34 heavy (non-hydrogen) atoms. The summed E-state index contributed by atoms with van der Waals surface area (Å²) in [4.78, 5) is 15.5. The monoisotopic (exact) mass is 459 g/mol. The largest absolute Gasteiger partial charge is 0.335 e. The molecule has 3 unspecified atom stereocenters. The number of rotatable bonds is 7. The first kappa shape index (κ1) is 22.5. The zero-order chi connectivity index (χ0) is 23.5. The molecule has 5 rings (SSSR count). The van der Waals surface area contributed by atoms with Crippen molar-refractivity contribution in [1.29, 1.82) is 0 Å². The molecule has 2 N–H and O–H groups in total. The summed E-state index contributed by atoms with van der Waals surface area (Å²) in [6, 6.07) is 16.8. The molecule has 2 amide bonds. The van der Waals surface area contributed by atoms with Crippen LogP contribution in [0.2, 0.25) is 0 Å². The second-order valence-electron chi connectivity index (χ2n) is 9.60. The van der Waals surface area contributed by atoms with Crippen LogP contribution < -0.4 is 10.6 Å². The topological polar surface area (TPSA) is 88.0 Å². The van der Waals surface area contributed by atoms with Crippen LogP contribution in [0.5, 0.6) is 0 Å². The molecule has 2 fully saturated rings. The maximum Gasteiger partial charge on any atom is 0.319 e. The van der Waals surface area contributed by atoms with E-state index in [1.165, 1.54) is 12.0 Å². The van der Waals surface area contributed by atoms with Gasteiger partial charge in [0.25, 0.3) is 0 Å². The number of hydrogen-bond donors (Lipinski definition) is 2. The Labute approximate surface area is 200 Å². The van der Waals surface area contributed by atoms with Gasteiger partial charge in [0.1, 0.15) is 0 Å². The fourth-order valence-electron chi connectivity index (χ4n) is 5.56. The van der Waals surface area contributed by atoms with E-state index in [0.29, 0.717) is 17.7 Å². The number of aromatic nitrogens is 4. The molecule has 2 heterocycles. The number of nitrogens with zero attached hydrogens (tertiary/aromatic N) is 5. The van der Waals surface area contributed by atoms with E-state index in [4.69, 9.17) is 0 Å². The number of benzene rings is 2. The van der Waals surface area contributed by atoms with Gasteiger partial charge in [-0.3, -0.25) is 0 Å². The smallest absolute Gasteiger partial charge is 0.319 e.